The number of nitrogens with zero attached hydrogens (tertiary/aromatic N) is 1. The predicted octanol–water partition coefficient (Wildman–Crippen LogP) is 4.82. The van der Waals surface area contributed by atoms with E-state index in [0.717, 1.165) is 0 Å². The van der Waals surface area contributed by atoms with Gasteiger partial charge in [-0.25, -0.2) is 0 Å². The molecule has 1 amide bonds. The van der Waals surface area contributed by atoms with Crippen LogP contribution in [0.2, 0.25) is 0 Å². The van der Waals surface area contributed by atoms with Crippen molar-refractivity contribution in [3.8, 4) is 11.5 Å². The molecular weight excluding hydrogens is 446 g/mol. The third-order valence-corrected chi connectivity index (χ3v) is 5.54. The first-order valence-electron chi connectivity index (χ1n) is 12.0. The maximum atomic E-state index is 13.1. The molecule has 0 radical (unpaired) electrons. The van der Waals surface area contributed by atoms with Gasteiger partial charge < -0.3 is 24.2 Å². The van der Waals surface area contributed by atoms with E-state index >= 15 is 0 Å². The third-order valence-electron chi connectivity index (χ3n) is 5.54. The van der Waals surface area contributed by atoms with E-state index in [9.17, 15) is 14.7 Å². The van der Waals surface area contributed by atoms with E-state index in [1.54, 1.807) is 24.3 Å². The number of aliphatic hydroxyl groups excluding tert-OH is 1. The largest absolute Gasteiger partial charge is 0.507 e. The molecule has 1 aliphatic rings. The highest BCUT2D eigenvalue weighted by Gasteiger charge is 2.46. The molecule has 2 aromatic carbocycles. The monoisotopic (exact) mass is 481 g/mol. The maximum absolute atomic E-state index is 13.1. The smallest absolute Gasteiger partial charge is 0.295 e. The van der Waals surface area contributed by atoms with Crippen LogP contribution in [0.1, 0.15) is 44.9 Å². The summed E-state index contributed by atoms with van der Waals surface area (Å²) in [5.41, 5.74) is 1.16. The van der Waals surface area contributed by atoms with E-state index in [1.807, 2.05) is 24.3 Å². The van der Waals surface area contributed by atoms with Gasteiger partial charge in [0.15, 0.2) is 0 Å². The molecule has 0 aromatic heterocycles. The second-order valence-electron chi connectivity index (χ2n) is 9.49. The van der Waals surface area contributed by atoms with Gasteiger partial charge in [0.2, 0.25) is 0 Å². The van der Waals surface area contributed by atoms with Crippen molar-refractivity contribution in [1.82, 2.24) is 4.90 Å². The molecule has 188 valence electrons. The number of amides is 1. The fraction of sp³-hybridized carbons (Fsp3) is 0.429. The van der Waals surface area contributed by atoms with Crippen LogP contribution in [-0.2, 0) is 14.3 Å². The van der Waals surface area contributed by atoms with Gasteiger partial charge in [0.05, 0.1) is 31.4 Å². The number of hydrogen-bond donors (Lipinski definition) is 1. The van der Waals surface area contributed by atoms with Crippen molar-refractivity contribution in [3.05, 3.63) is 65.2 Å². The molecule has 35 heavy (non-hydrogen) atoms. The van der Waals surface area contributed by atoms with E-state index in [4.69, 9.17) is 14.2 Å². The molecular formula is C28H35NO6. The SMILES string of the molecule is COCCN1C(=O)C(=O)/C(=C(\O)c2ccc(OCC(C)C)cc2)C1c1cccc(OCC(C)C)c1. The number of Topliss-reactive ketones (excluding diaryl/α,β-unsaturated/α-hetero) is 1. The van der Waals surface area contributed by atoms with Crippen molar-refractivity contribution >= 4 is 17.4 Å². The zero-order valence-electron chi connectivity index (χ0n) is 21.1. The molecule has 1 N–H and O–H groups in total. The van der Waals surface area contributed by atoms with Crippen molar-refractivity contribution < 1.29 is 28.9 Å². The topological polar surface area (TPSA) is 85.3 Å². The van der Waals surface area contributed by atoms with Crippen LogP contribution >= 0.6 is 0 Å². The number of carbonyl (C=O) groups is 2. The molecule has 0 aliphatic carbocycles. The first kappa shape index (κ1) is 26.3. The number of rotatable bonds is 11. The van der Waals surface area contributed by atoms with Gasteiger partial charge in [-0.1, -0.05) is 39.8 Å². The fourth-order valence-corrected chi connectivity index (χ4v) is 3.81. The van der Waals surface area contributed by atoms with Gasteiger partial charge in [0.25, 0.3) is 11.7 Å². The summed E-state index contributed by atoms with van der Waals surface area (Å²) in [5.74, 6) is 0.417. The minimum absolute atomic E-state index is 0.0444. The summed E-state index contributed by atoms with van der Waals surface area (Å²) in [6.45, 7) is 9.82. The number of carbonyl (C=O) groups excluding carboxylic acids is 2. The van der Waals surface area contributed by atoms with Crippen molar-refractivity contribution in [2.45, 2.75) is 33.7 Å². The molecule has 1 heterocycles. The van der Waals surface area contributed by atoms with Crippen LogP contribution < -0.4 is 9.47 Å². The lowest BCUT2D eigenvalue weighted by Gasteiger charge is -2.25. The Balaban J connectivity index is 2.02. The van der Waals surface area contributed by atoms with Crippen LogP contribution in [0.4, 0.5) is 0 Å². The lowest BCUT2D eigenvalue weighted by atomic mass is 9.95. The van der Waals surface area contributed by atoms with Crippen LogP contribution in [0.3, 0.4) is 0 Å². The predicted molar refractivity (Wildman–Crippen MR) is 134 cm³/mol. The summed E-state index contributed by atoms with van der Waals surface area (Å²) in [4.78, 5) is 27.5. The van der Waals surface area contributed by atoms with Gasteiger partial charge in [-0.05, 0) is 53.8 Å². The van der Waals surface area contributed by atoms with E-state index in [-0.39, 0.29) is 24.5 Å². The van der Waals surface area contributed by atoms with E-state index < -0.39 is 17.7 Å². The molecule has 7 heteroatoms. The molecule has 0 bridgehead atoms. The normalized spacial score (nSPS) is 17.5. The first-order valence-corrected chi connectivity index (χ1v) is 12.0. The second-order valence-corrected chi connectivity index (χ2v) is 9.49. The minimum Gasteiger partial charge on any atom is -0.507 e. The lowest BCUT2D eigenvalue weighted by molar-refractivity contribution is -0.140. The summed E-state index contributed by atoms with van der Waals surface area (Å²) >= 11 is 0. The number of hydrogen-bond acceptors (Lipinski definition) is 6. The molecule has 1 aliphatic heterocycles. The van der Waals surface area contributed by atoms with Crippen LogP contribution in [0.15, 0.2) is 54.1 Å². The second kappa shape index (κ2) is 11.9. The average Bonchev–Trinajstić information content (AvgIpc) is 3.09. The molecule has 0 saturated carbocycles. The third kappa shape index (κ3) is 6.42. The fourth-order valence-electron chi connectivity index (χ4n) is 3.81. The maximum Gasteiger partial charge on any atom is 0.295 e. The van der Waals surface area contributed by atoms with Crippen molar-refractivity contribution in [1.29, 1.82) is 0 Å². The minimum atomic E-state index is -0.760. The Morgan fingerprint density at radius 2 is 1.57 bits per heavy atom. The molecule has 0 spiro atoms. The van der Waals surface area contributed by atoms with E-state index in [1.165, 1.54) is 12.0 Å². The average molecular weight is 482 g/mol. The number of likely N-dealkylation sites (tertiary alicyclic amines) is 1. The highest BCUT2D eigenvalue weighted by atomic mass is 16.5. The van der Waals surface area contributed by atoms with Crippen LogP contribution in [0.25, 0.3) is 5.76 Å². The Morgan fingerprint density at radius 1 is 0.943 bits per heavy atom. The highest BCUT2D eigenvalue weighted by Crippen LogP contribution is 2.40. The highest BCUT2D eigenvalue weighted by molar-refractivity contribution is 6.46. The Kier molecular flexibility index (Phi) is 8.93. The summed E-state index contributed by atoms with van der Waals surface area (Å²) in [5, 5.41) is 11.2. The van der Waals surface area contributed by atoms with Crippen molar-refractivity contribution in [3.63, 3.8) is 0 Å². The number of ketones is 1. The van der Waals surface area contributed by atoms with Gasteiger partial charge in [-0.3, -0.25) is 9.59 Å². The summed E-state index contributed by atoms with van der Waals surface area (Å²) in [7, 11) is 1.54. The van der Waals surface area contributed by atoms with Crippen LogP contribution in [-0.4, -0.2) is 55.2 Å². The van der Waals surface area contributed by atoms with Gasteiger partial charge in [-0.2, -0.15) is 0 Å². The molecule has 1 atom stereocenters. The summed E-state index contributed by atoms with van der Waals surface area (Å²) < 4.78 is 16.8. The van der Waals surface area contributed by atoms with E-state index in [0.29, 0.717) is 47.7 Å². The van der Waals surface area contributed by atoms with Gasteiger partial charge in [-0.15, -0.1) is 0 Å². The molecule has 1 unspecified atom stereocenters. The molecule has 3 rings (SSSR count). The molecule has 2 aromatic rings. The van der Waals surface area contributed by atoms with Gasteiger partial charge >= 0.3 is 0 Å². The Hall–Kier alpha value is -3.32. The zero-order valence-corrected chi connectivity index (χ0v) is 21.1. The number of ether oxygens (including phenoxy) is 3. The Morgan fingerprint density at radius 3 is 2.17 bits per heavy atom. The van der Waals surface area contributed by atoms with Gasteiger partial charge in [0.1, 0.15) is 17.3 Å². The van der Waals surface area contributed by atoms with E-state index in [2.05, 4.69) is 27.7 Å². The Labute approximate surface area is 207 Å². The number of aliphatic hydroxyl groups is 1. The number of methoxy groups -OCH3 is 1. The summed E-state index contributed by atoms with van der Waals surface area (Å²) in [6.07, 6.45) is 0. The van der Waals surface area contributed by atoms with Crippen molar-refractivity contribution in [2.75, 3.05) is 33.5 Å². The molecule has 1 fully saturated rings. The first-order chi connectivity index (χ1) is 16.7. The molecule has 1 saturated heterocycles. The number of benzene rings is 2. The standard InChI is InChI=1S/C28H35NO6/c1-18(2)16-34-22-11-9-20(10-12-22)26(30)24-25(29(13-14-33-5)28(32)27(24)31)21-7-6-8-23(15-21)35-17-19(3)4/h6-12,15,18-19,25,30H,13-14,16-17H2,1-5H3/b26-24-. The summed E-state index contributed by atoms with van der Waals surface area (Å²) in [6, 6.07) is 13.4. The lowest BCUT2D eigenvalue weighted by Crippen LogP contribution is -2.32. The quantitative estimate of drug-likeness (QED) is 0.281. The Bertz CT molecular complexity index is 1060. The van der Waals surface area contributed by atoms with Crippen LogP contribution in [0.5, 0.6) is 11.5 Å². The van der Waals surface area contributed by atoms with Crippen LogP contribution in [0, 0.1) is 11.8 Å². The molecule has 7 nitrogen and oxygen atoms in total. The van der Waals surface area contributed by atoms with Gasteiger partial charge in [0, 0.05) is 19.2 Å². The van der Waals surface area contributed by atoms with Crippen molar-refractivity contribution in [2.24, 2.45) is 11.8 Å². The zero-order chi connectivity index (χ0) is 25.5.